The van der Waals surface area contributed by atoms with Crippen LogP contribution in [0.5, 0.6) is 0 Å². The fraction of sp³-hybridized carbons (Fsp3) is 0.176. The summed E-state index contributed by atoms with van der Waals surface area (Å²) in [4.78, 5) is 36.1. The minimum atomic E-state index is -0.624. The molecule has 0 aliphatic rings. The van der Waals surface area contributed by atoms with Gasteiger partial charge in [-0.25, -0.2) is 15.0 Å². The van der Waals surface area contributed by atoms with Crippen molar-refractivity contribution >= 4 is 39.7 Å². The van der Waals surface area contributed by atoms with Crippen LogP contribution in [0.25, 0.3) is 0 Å². The van der Waals surface area contributed by atoms with Gasteiger partial charge in [-0.3, -0.25) is 25.8 Å². The molecule has 0 saturated heterocycles. The Morgan fingerprint density at radius 2 is 1.89 bits per heavy atom. The summed E-state index contributed by atoms with van der Waals surface area (Å²) < 4.78 is 0. The Balaban J connectivity index is 1.75. The molecule has 10 nitrogen and oxygen atoms in total. The number of nitrogens with zero attached hydrogens (tertiary/aromatic N) is 4. The van der Waals surface area contributed by atoms with E-state index >= 15 is 0 Å². The fourth-order valence-electron chi connectivity index (χ4n) is 2.32. The maximum atomic E-state index is 12.1. The van der Waals surface area contributed by atoms with Gasteiger partial charge in [0.15, 0.2) is 5.13 Å². The highest BCUT2D eigenvalue weighted by molar-refractivity contribution is 7.15. The maximum absolute atomic E-state index is 12.1. The zero-order valence-corrected chi connectivity index (χ0v) is 15.9. The molecule has 144 valence electrons. The van der Waals surface area contributed by atoms with E-state index in [1.807, 2.05) is 44.2 Å². The number of hydrazine groups is 1. The molecule has 0 aliphatic carbocycles. The topological polar surface area (TPSA) is 135 Å². The number of amides is 1. The highest BCUT2D eigenvalue weighted by Crippen LogP contribution is 2.32. The van der Waals surface area contributed by atoms with Gasteiger partial charge in [-0.1, -0.05) is 30.3 Å². The second kappa shape index (κ2) is 8.39. The molecule has 0 spiro atoms. The Labute approximate surface area is 164 Å². The average molecular weight is 399 g/mol. The molecule has 0 unspecified atom stereocenters. The third-order valence-corrected chi connectivity index (χ3v) is 4.77. The van der Waals surface area contributed by atoms with Gasteiger partial charge in [0.2, 0.25) is 17.5 Å². The summed E-state index contributed by atoms with van der Waals surface area (Å²) in [7, 11) is 0. The summed E-state index contributed by atoms with van der Waals surface area (Å²) in [5.41, 5.74) is 6.18. The van der Waals surface area contributed by atoms with Crippen molar-refractivity contribution in [1.82, 2.24) is 20.4 Å². The summed E-state index contributed by atoms with van der Waals surface area (Å²) in [5, 5.41) is 14.9. The molecule has 2 aromatic heterocycles. The zero-order valence-electron chi connectivity index (χ0n) is 15.1. The molecule has 0 saturated carbocycles. The molecule has 0 radical (unpaired) electrons. The molecule has 1 aromatic carbocycles. The minimum absolute atomic E-state index is 0.0199. The van der Waals surface area contributed by atoms with E-state index in [9.17, 15) is 14.9 Å². The second-order valence-corrected chi connectivity index (χ2v) is 7.00. The van der Waals surface area contributed by atoms with Crippen LogP contribution in [0.4, 0.5) is 22.5 Å². The molecule has 0 fully saturated rings. The van der Waals surface area contributed by atoms with E-state index in [2.05, 4.69) is 31.1 Å². The number of aryl methyl sites for hydroxylation is 2. The molecule has 3 aromatic rings. The van der Waals surface area contributed by atoms with Crippen LogP contribution in [0.3, 0.4) is 0 Å². The van der Waals surface area contributed by atoms with E-state index in [0.717, 1.165) is 22.5 Å². The van der Waals surface area contributed by atoms with E-state index in [0.29, 0.717) is 5.13 Å². The molecule has 1 amide bonds. The molecule has 0 aliphatic heterocycles. The number of nitro groups is 1. The number of carbonyl (C=O) groups is 1. The van der Waals surface area contributed by atoms with Crippen molar-refractivity contribution in [3.63, 3.8) is 0 Å². The summed E-state index contributed by atoms with van der Waals surface area (Å²) >= 11 is 1.36. The second-order valence-electron chi connectivity index (χ2n) is 5.80. The number of nitrogens with one attached hydrogen (secondary N) is 3. The minimum Gasteiger partial charge on any atom is -0.310 e. The lowest BCUT2D eigenvalue weighted by Crippen LogP contribution is -2.31. The van der Waals surface area contributed by atoms with Crippen LogP contribution in [0.1, 0.15) is 16.1 Å². The molecule has 0 bridgehead atoms. The highest BCUT2D eigenvalue weighted by Gasteiger charge is 2.24. The Hall–Kier alpha value is -3.60. The summed E-state index contributed by atoms with van der Waals surface area (Å²) in [6, 6.07) is 9.12. The lowest BCUT2D eigenvalue weighted by molar-refractivity contribution is -0.383. The number of rotatable bonds is 7. The van der Waals surface area contributed by atoms with Crippen molar-refractivity contribution in [2.75, 3.05) is 10.7 Å². The zero-order chi connectivity index (χ0) is 20.1. The largest absolute Gasteiger partial charge is 0.355 e. The normalized spacial score (nSPS) is 10.4. The Morgan fingerprint density at radius 1 is 1.18 bits per heavy atom. The van der Waals surface area contributed by atoms with Crippen LogP contribution < -0.4 is 16.2 Å². The number of hydrogen-bond acceptors (Lipinski definition) is 9. The van der Waals surface area contributed by atoms with Gasteiger partial charge in [0, 0.05) is 4.88 Å². The van der Waals surface area contributed by atoms with Crippen molar-refractivity contribution in [3.8, 4) is 0 Å². The maximum Gasteiger partial charge on any atom is 0.355 e. The summed E-state index contributed by atoms with van der Waals surface area (Å²) in [6.07, 6.45) is 1.28. The SMILES string of the molecule is Cc1nc(Nc2ncnc(NNC(=O)Cc3ccccc3)c2[N+](=O)[O-])sc1C. The number of aromatic nitrogens is 3. The lowest BCUT2D eigenvalue weighted by atomic mass is 10.1. The van der Waals surface area contributed by atoms with Crippen molar-refractivity contribution in [1.29, 1.82) is 0 Å². The first-order valence-electron chi connectivity index (χ1n) is 8.23. The predicted octanol–water partition coefficient (Wildman–Crippen LogP) is 2.89. The first kappa shape index (κ1) is 19.2. The average Bonchev–Trinajstić information content (AvgIpc) is 2.98. The quantitative estimate of drug-likeness (QED) is 0.408. The smallest absolute Gasteiger partial charge is 0.310 e. The molecule has 2 heterocycles. The molecule has 3 rings (SSSR count). The Kier molecular flexibility index (Phi) is 5.75. The molecular weight excluding hydrogens is 382 g/mol. The van der Waals surface area contributed by atoms with Gasteiger partial charge < -0.3 is 5.32 Å². The number of anilines is 3. The van der Waals surface area contributed by atoms with Gasteiger partial charge >= 0.3 is 5.69 Å². The van der Waals surface area contributed by atoms with Crippen LogP contribution >= 0.6 is 11.3 Å². The molecule has 3 N–H and O–H groups in total. The number of hydrogen-bond donors (Lipinski definition) is 3. The van der Waals surface area contributed by atoms with E-state index in [-0.39, 0.29) is 24.0 Å². The number of carbonyl (C=O) groups excluding carboxylic acids is 1. The molecule has 0 atom stereocenters. The number of benzene rings is 1. The summed E-state index contributed by atoms with van der Waals surface area (Å²) in [5.74, 6) is -0.512. The summed E-state index contributed by atoms with van der Waals surface area (Å²) in [6.45, 7) is 3.75. The van der Waals surface area contributed by atoms with Crippen LogP contribution in [-0.4, -0.2) is 25.8 Å². The monoisotopic (exact) mass is 399 g/mol. The van der Waals surface area contributed by atoms with E-state index < -0.39 is 10.6 Å². The van der Waals surface area contributed by atoms with Gasteiger partial charge in [-0.15, -0.1) is 11.3 Å². The van der Waals surface area contributed by atoms with E-state index in [1.165, 1.54) is 11.3 Å². The highest BCUT2D eigenvalue weighted by atomic mass is 32.1. The van der Waals surface area contributed by atoms with Crippen molar-refractivity contribution in [2.24, 2.45) is 0 Å². The molecule has 28 heavy (non-hydrogen) atoms. The predicted molar refractivity (Wildman–Crippen MR) is 105 cm³/mol. The first-order valence-corrected chi connectivity index (χ1v) is 9.05. The van der Waals surface area contributed by atoms with Crippen molar-refractivity contribution in [3.05, 3.63) is 62.9 Å². The first-order chi connectivity index (χ1) is 13.4. The molecular formula is C17H17N7O3S. The standard InChI is InChI=1S/C17H17N7O3S/c1-10-11(2)28-17(20-10)21-15-14(24(26)27)16(19-9-18-15)23-22-13(25)8-12-6-4-3-5-7-12/h3-7,9H,8H2,1-2H3,(H,22,25)(H2,18,19,20,21,23). The van der Waals surface area contributed by atoms with Gasteiger partial charge in [-0.2, -0.15) is 0 Å². The van der Waals surface area contributed by atoms with Crippen molar-refractivity contribution in [2.45, 2.75) is 20.3 Å². The van der Waals surface area contributed by atoms with Crippen LogP contribution in [0.15, 0.2) is 36.7 Å². The third kappa shape index (κ3) is 4.57. The lowest BCUT2D eigenvalue weighted by Gasteiger charge is -2.10. The van der Waals surface area contributed by atoms with Crippen LogP contribution in [0.2, 0.25) is 0 Å². The van der Waals surface area contributed by atoms with Crippen LogP contribution in [0, 0.1) is 24.0 Å². The van der Waals surface area contributed by atoms with E-state index in [4.69, 9.17) is 0 Å². The van der Waals surface area contributed by atoms with Crippen LogP contribution in [-0.2, 0) is 11.2 Å². The number of thiazole rings is 1. The fourth-order valence-corrected chi connectivity index (χ4v) is 3.13. The Bertz CT molecular complexity index is 988. The van der Waals surface area contributed by atoms with Gasteiger partial charge in [-0.05, 0) is 19.4 Å². The third-order valence-electron chi connectivity index (χ3n) is 3.79. The van der Waals surface area contributed by atoms with Gasteiger partial charge in [0.1, 0.15) is 6.33 Å². The van der Waals surface area contributed by atoms with E-state index in [1.54, 1.807) is 0 Å². The Morgan fingerprint density at radius 3 is 2.54 bits per heavy atom. The van der Waals surface area contributed by atoms with Gasteiger partial charge in [0.05, 0.1) is 17.0 Å². The van der Waals surface area contributed by atoms with Gasteiger partial charge in [0.25, 0.3) is 0 Å². The van der Waals surface area contributed by atoms with Crippen molar-refractivity contribution < 1.29 is 9.72 Å². The molecule has 11 heteroatoms.